The second-order valence-corrected chi connectivity index (χ2v) is 11.4. The number of hydrogen-bond acceptors (Lipinski definition) is 8. The number of nitrogens with zero attached hydrogens (tertiary/aromatic N) is 4. The van der Waals surface area contributed by atoms with Gasteiger partial charge in [-0.05, 0) is 43.5 Å². The fourth-order valence-corrected chi connectivity index (χ4v) is 6.74. The van der Waals surface area contributed by atoms with Crippen molar-refractivity contribution in [2.45, 2.75) is 31.3 Å². The lowest BCUT2D eigenvalue weighted by Gasteiger charge is -2.14. The Morgan fingerprint density at radius 1 is 1.08 bits per heavy atom. The number of hydrogen-bond donors (Lipinski definition) is 2. The van der Waals surface area contributed by atoms with Gasteiger partial charge in [0.05, 0.1) is 10.6 Å². The summed E-state index contributed by atoms with van der Waals surface area (Å²) in [5.41, 5.74) is 2.23. The zero-order valence-corrected chi connectivity index (χ0v) is 22.2. The average molecular weight is 546 g/mol. The third kappa shape index (κ3) is 4.33. The Hall–Kier alpha value is -4.09. The fraction of sp³-hybridized carbons (Fsp3) is 0.222. The van der Waals surface area contributed by atoms with Crippen LogP contribution in [0.15, 0.2) is 60.8 Å². The van der Waals surface area contributed by atoms with Gasteiger partial charge in [-0.25, -0.2) is 9.48 Å². The number of rotatable bonds is 7. The summed E-state index contributed by atoms with van der Waals surface area (Å²) in [5, 5.41) is 20.7. The highest BCUT2D eigenvalue weighted by Gasteiger charge is 2.53. The predicted molar refractivity (Wildman–Crippen MR) is 146 cm³/mol. The first kappa shape index (κ1) is 24.3. The van der Waals surface area contributed by atoms with Crippen molar-refractivity contribution < 1.29 is 19.4 Å². The number of fused-ring (bicyclic) bond motifs is 1. The van der Waals surface area contributed by atoms with Crippen LogP contribution in [0.25, 0.3) is 30.4 Å². The van der Waals surface area contributed by atoms with Crippen LogP contribution in [-0.4, -0.2) is 37.1 Å². The lowest BCUT2D eigenvalue weighted by atomic mass is 10.0. The second kappa shape index (κ2) is 9.34. The number of pyridine rings is 1. The number of benzene rings is 1. The molecule has 1 atom stereocenters. The van der Waals surface area contributed by atoms with Gasteiger partial charge in [0.1, 0.15) is 17.2 Å². The molecule has 1 aliphatic rings. The van der Waals surface area contributed by atoms with Crippen molar-refractivity contribution in [3.63, 3.8) is 0 Å². The van der Waals surface area contributed by atoms with Crippen molar-refractivity contribution in [2.24, 2.45) is 7.05 Å². The first-order chi connectivity index (χ1) is 18.3. The van der Waals surface area contributed by atoms with Gasteiger partial charge in [-0.3, -0.25) is 15.1 Å². The van der Waals surface area contributed by atoms with E-state index in [1.165, 1.54) is 4.68 Å². The van der Waals surface area contributed by atoms with E-state index >= 15 is 0 Å². The molecule has 192 valence electrons. The maximum Gasteiger partial charge on any atom is 0.413 e. The molecule has 1 amide bonds. The Balaban J connectivity index is 1.20. The van der Waals surface area contributed by atoms with Crippen LogP contribution >= 0.6 is 22.7 Å². The van der Waals surface area contributed by atoms with Gasteiger partial charge in [0.2, 0.25) is 0 Å². The highest BCUT2D eigenvalue weighted by atomic mass is 32.1. The Kier molecular flexibility index (Phi) is 5.96. The van der Waals surface area contributed by atoms with E-state index < -0.39 is 23.6 Å². The zero-order valence-electron chi connectivity index (χ0n) is 20.5. The van der Waals surface area contributed by atoms with Crippen molar-refractivity contribution in [1.29, 1.82) is 0 Å². The molecule has 0 radical (unpaired) electrons. The number of thiophene rings is 2. The fourth-order valence-electron chi connectivity index (χ4n) is 4.36. The molecule has 1 fully saturated rings. The van der Waals surface area contributed by atoms with Crippen LogP contribution in [0.1, 0.15) is 37.1 Å². The molecule has 0 unspecified atom stereocenters. The van der Waals surface area contributed by atoms with Gasteiger partial charge < -0.3 is 9.84 Å². The third-order valence-electron chi connectivity index (χ3n) is 6.74. The van der Waals surface area contributed by atoms with E-state index in [2.05, 4.69) is 26.7 Å². The second-order valence-electron chi connectivity index (χ2n) is 9.26. The summed E-state index contributed by atoms with van der Waals surface area (Å²) in [7, 11) is 1.72. The molecule has 5 aromatic rings. The topological polar surface area (TPSA) is 119 Å². The van der Waals surface area contributed by atoms with Crippen LogP contribution in [0.5, 0.6) is 0 Å². The van der Waals surface area contributed by atoms with Gasteiger partial charge >= 0.3 is 12.1 Å². The molecule has 0 saturated heterocycles. The molecular weight excluding hydrogens is 522 g/mol. The lowest BCUT2D eigenvalue weighted by Crippen LogP contribution is -2.20. The molecule has 1 saturated carbocycles. The SMILES string of the molecule is C[C@@H](OC(=O)Nc1c(-c2cc3sc(-c4ccc(C5(C(=O)O)CC5)nc4)cc3s2)nnn1C)c1ccccc1. The average Bonchev–Trinajstić information content (AvgIpc) is 3.34. The minimum absolute atomic E-state index is 0.408. The maximum absolute atomic E-state index is 12.6. The van der Waals surface area contributed by atoms with Gasteiger partial charge in [-0.1, -0.05) is 41.6 Å². The van der Waals surface area contributed by atoms with Gasteiger partial charge in [0, 0.05) is 33.1 Å². The van der Waals surface area contributed by atoms with Crippen molar-refractivity contribution in [1.82, 2.24) is 20.0 Å². The monoisotopic (exact) mass is 545 g/mol. The van der Waals surface area contributed by atoms with Crippen LogP contribution in [0.4, 0.5) is 10.6 Å². The number of carboxylic acid groups (broad SMARTS) is 1. The molecule has 0 spiro atoms. The number of anilines is 1. The van der Waals surface area contributed by atoms with Gasteiger partial charge in [-0.2, -0.15) is 0 Å². The summed E-state index contributed by atoms with van der Waals surface area (Å²) < 4.78 is 9.22. The van der Waals surface area contributed by atoms with Gasteiger partial charge in [-0.15, -0.1) is 27.8 Å². The van der Waals surface area contributed by atoms with Crippen LogP contribution < -0.4 is 5.32 Å². The van der Waals surface area contributed by atoms with Crippen LogP contribution in [0.3, 0.4) is 0 Å². The number of carboxylic acids is 1. The third-order valence-corrected chi connectivity index (χ3v) is 9.09. The van der Waals surface area contributed by atoms with Crippen molar-refractivity contribution in [2.75, 3.05) is 5.32 Å². The minimum atomic E-state index is -0.808. The molecule has 4 aromatic heterocycles. The molecule has 38 heavy (non-hydrogen) atoms. The smallest absolute Gasteiger partial charge is 0.413 e. The number of aromatic nitrogens is 4. The molecule has 4 heterocycles. The molecule has 9 nitrogen and oxygen atoms in total. The summed E-state index contributed by atoms with van der Waals surface area (Å²) in [5.74, 6) is -0.352. The Morgan fingerprint density at radius 3 is 2.45 bits per heavy atom. The van der Waals surface area contributed by atoms with E-state index in [9.17, 15) is 14.7 Å². The predicted octanol–water partition coefficient (Wildman–Crippen LogP) is 6.25. The highest BCUT2D eigenvalue weighted by Crippen LogP contribution is 2.48. The summed E-state index contributed by atoms with van der Waals surface area (Å²) in [6.45, 7) is 1.82. The first-order valence-corrected chi connectivity index (χ1v) is 13.6. The number of aryl methyl sites for hydroxylation is 1. The van der Waals surface area contributed by atoms with Crippen molar-refractivity contribution in [3.05, 3.63) is 72.1 Å². The highest BCUT2D eigenvalue weighted by molar-refractivity contribution is 7.31. The van der Waals surface area contributed by atoms with Gasteiger partial charge in [0.15, 0.2) is 5.82 Å². The van der Waals surface area contributed by atoms with E-state index in [1.54, 1.807) is 35.9 Å². The number of carbonyl (C=O) groups excluding carboxylic acids is 1. The quantitative estimate of drug-likeness (QED) is 0.248. The molecule has 6 rings (SSSR count). The number of carbonyl (C=O) groups is 2. The van der Waals surface area contributed by atoms with Crippen molar-refractivity contribution in [3.8, 4) is 21.0 Å². The number of aliphatic carboxylic acids is 1. The molecule has 0 bridgehead atoms. The number of ether oxygens (including phenoxy) is 1. The number of amides is 1. The van der Waals surface area contributed by atoms with E-state index in [-0.39, 0.29) is 0 Å². The molecule has 11 heteroatoms. The Labute approximate surface area is 225 Å². The molecule has 1 aromatic carbocycles. The van der Waals surface area contributed by atoms with Crippen LogP contribution in [-0.2, 0) is 22.0 Å². The van der Waals surface area contributed by atoms with E-state index in [0.717, 1.165) is 30.3 Å². The Bertz CT molecular complexity index is 1620. The summed E-state index contributed by atoms with van der Waals surface area (Å²) in [6, 6.07) is 17.4. The van der Waals surface area contributed by atoms with Gasteiger partial charge in [0.25, 0.3) is 0 Å². The lowest BCUT2D eigenvalue weighted by molar-refractivity contribution is -0.140. The van der Waals surface area contributed by atoms with Crippen molar-refractivity contribution >= 4 is 50.0 Å². The maximum atomic E-state index is 12.6. The summed E-state index contributed by atoms with van der Waals surface area (Å²) in [4.78, 5) is 30.6. The molecular formula is C27H23N5O4S2. The molecule has 0 aliphatic heterocycles. The van der Waals surface area contributed by atoms with E-state index in [1.807, 2.05) is 55.5 Å². The summed E-state index contributed by atoms with van der Waals surface area (Å²) >= 11 is 3.18. The molecule has 1 aliphatic carbocycles. The normalized spacial score (nSPS) is 14.8. The molecule has 2 N–H and O–H groups in total. The number of nitrogens with one attached hydrogen (secondary N) is 1. The van der Waals surface area contributed by atoms with Crippen LogP contribution in [0.2, 0.25) is 0 Å². The first-order valence-electron chi connectivity index (χ1n) is 12.0. The van der Waals surface area contributed by atoms with E-state index in [0.29, 0.717) is 30.0 Å². The largest absolute Gasteiger partial charge is 0.481 e. The summed E-state index contributed by atoms with van der Waals surface area (Å²) in [6.07, 6.45) is 2.03. The van der Waals surface area contributed by atoms with E-state index in [4.69, 9.17) is 4.74 Å². The zero-order chi connectivity index (χ0) is 26.4. The Morgan fingerprint density at radius 2 is 1.79 bits per heavy atom. The minimum Gasteiger partial charge on any atom is -0.481 e. The standard InChI is InChI=1S/C27H23N5O4S2/c1-15(16-6-4-3-5-7-16)36-26(35)29-24-23(30-31-32(24)2)21-13-20-19(38-21)12-18(37-20)17-8-9-22(28-14-17)27(10-11-27)25(33)34/h3-9,12-15H,10-11H2,1-2H3,(H,29,35)(H,33,34)/t15-/m1/s1. The van der Waals surface area contributed by atoms with Crippen LogP contribution in [0, 0.1) is 0 Å².